The molecule has 3 aromatic carbocycles. The molecule has 6 heteroatoms. The fourth-order valence-electron chi connectivity index (χ4n) is 3.85. The van der Waals surface area contributed by atoms with Gasteiger partial charge in [-0.05, 0) is 59.9 Å². The number of carbonyl (C=O) groups excluding carboxylic acids is 2. The maximum absolute atomic E-state index is 13.6. The van der Waals surface area contributed by atoms with Crippen molar-refractivity contribution in [2.24, 2.45) is 0 Å². The molecule has 0 aromatic heterocycles. The van der Waals surface area contributed by atoms with Crippen molar-refractivity contribution in [1.29, 1.82) is 0 Å². The van der Waals surface area contributed by atoms with E-state index in [9.17, 15) is 14.0 Å². The lowest BCUT2D eigenvalue weighted by Gasteiger charge is -2.21. The van der Waals surface area contributed by atoms with E-state index in [0.717, 1.165) is 10.5 Å². The van der Waals surface area contributed by atoms with Gasteiger partial charge in [-0.25, -0.2) is 9.29 Å². The van der Waals surface area contributed by atoms with Gasteiger partial charge in [-0.2, -0.15) is 0 Å². The monoisotopic (exact) mass is 458 g/mol. The second-order valence-electron chi connectivity index (χ2n) is 9.09. The average Bonchev–Trinajstić information content (AvgIpc) is 3.04. The lowest BCUT2D eigenvalue weighted by molar-refractivity contribution is -0.120. The molecule has 1 aliphatic heterocycles. The lowest BCUT2D eigenvalue weighted by atomic mass is 9.87. The van der Waals surface area contributed by atoms with Crippen molar-refractivity contribution in [2.75, 3.05) is 16.8 Å². The summed E-state index contributed by atoms with van der Waals surface area (Å²) in [5.74, 6) is -0.726. The average molecular weight is 459 g/mol. The molecular weight excluding hydrogens is 431 g/mol. The molecule has 0 aliphatic carbocycles. The van der Waals surface area contributed by atoms with Crippen LogP contribution in [0, 0.1) is 5.82 Å². The third-order valence-electron chi connectivity index (χ3n) is 5.62. The van der Waals surface area contributed by atoms with Crippen LogP contribution in [-0.2, 0) is 15.0 Å². The second-order valence-corrected chi connectivity index (χ2v) is 9.09. The maximum atomic E-state index is 13.6. The number of anilines is 2. The number of rotatable bonds is 6. The minimum Gasteiger partial charge on any atom is -0.494 e. The fraction of sp³-hybridized carbons (Fsp3) is 0.214. The van der Waals surface area contributed by atoms with Crippen LogP contribution < -0.4 is 15.0 Å². The summed E-state index contributed by atoms with van der Waals surface area (Å²) in [5, 5.41) is 3.11. The molecule has 1 N–H and O–H groups in total. The molecular formula is C28H27FN2O3. The SMILES string of the molecule is CCOc1cccc(NC2=C(c3ccc(F)cc3)C(=O)N(c3ccc(C(C)(C)C)cc3)C2=O)c1. The van der Waals surface area contributed by atoms with E-state index in [4.69, 9.17) is 4.74 Å². The first-order valence-corrected chi connectivity index (χ1v) is 11.2. The summed E-state index contributed by atoms with van der Waals surface area (Å²) >= 11 is 0. The van der Waals surface area contributed by atoms with Gasteiger partial charge in [-0.1, -0.05) is 51.1 Å². The number of hydrogen-bond donors (Lipinski definition) is 1. The van der Waals surface area contributed by atoms with Gasteiger partial charge in [0.1, 0.15) is 17.3 Å². The van der Waals surface area contributed by atoms with Gasteiger partial charge in [0.05, 0.1) is 17.9 Å². The first-order chi connectivity index (χ1) is 16.2. The molecule has 0 atom stereocenters. The van der Waals surface area contributed by atoms with Gasteiger partial charge in [-0.3, -0.25) is 9.59 Å². The Hall–Kier alpha value is -3.93. The lowest BCUT2D eigenvalue weighted by Crippen LogP contribution is -2.32. The Kier molecular flexibility index (Phi) is 6.24. The zero-order chi connectivity index (χ0) is 24.5. The number of hydrogen-bond acceptors (Lipinski definition) is 4. The third kappa shape index (κ3) is 4.57. The van der Waals surface area contributed by atoms with E-state index in [1.807, 2.05) is 25.1 Å². The van der Waals surface area contributed by atoms with Crippen molar-refractivity contribution in [3.63, 3.8) is 0 Å². The first kappa shape index (κ1) is 23.2. The molecule has 0 fully saturated rings. The van der Waals surface area contributed by atoms with Gasteiger partial charge in [0.2, 0.25) is 0 Å². The summed E-state index contributed by atoms with van der Waals surface area (Å²) in [4.78, 5) is 28.2. The molecule has 1 heterocycles. The van der Waals surface area contributed by atoms with E-state index < -0.39 is 17.6 Å². The summed E-state index contributed by atoms with van der Waals surface area (Å²) in [6.45, 7) is 8.68. The van der Waals surface area contributed by atoms with E-state index in [2.05, 4.69) is 26.1 Å². The van der Waals surface area contributed by atoms with Gasteiger partial charge in [0, 0.05) is 11.8 Å². The number of benzene rings is 3. The number of nitrogens with zero attached hydrogens (tertiary/aromatic N) is 1. The molecule has 5 nitrogen and oxygen atoms in total. The normalized spacial score (nSPS) is 14.1. The van der Waals surface area contributed by atoms with Crippen LogP contribution in [-0.4, -0.2) is 18.4 Å². The van der Waals surface area contributed by atoms with Gasteiger partial charge in [0.25, 0.3) is 11.8 Å². The summed E-state index contributed by atoms with van der Waals surface area (Å²) in [5.41, 5.74) is 2.88. The van der Waals surface area contributed by atoms with Crippen molar-refractivity contribution < 1.29 is 18.7 Å². The molecule has 1 aliphatic rings. The molecule has 0 spiro atoms. The third-order valence-corrected chi connectivity index (χ3v) is 5.62. The number of nitrogens with one attached hydrogen (secondary N) is 1. The summed E-state index contributed by atoms with van der Waals surface area (Å²) in [6, 6.07) is 20.1. The molecule has 0 saturated carbocycles. The highest BCUT2D eigenvalue weighted by Crippen LogP contribution is 2.35. The zero-order valence-corrected chi connectivity index (χ0v) is 19.7. The Morgan fingerprint density at radius 3 is 2.21 bits per heavy atom. The smallest absolute Gasteiger partial charge is 0.282 e. The van der Waals surface area contributed by atoms with Crippen LogP contribution in [0.3, 0.4) is 0 Å². The van der Waals surface area contributed by atoms with Crippen LogP contribution in [0.25, 0.3) is 5.57 Å². The molecule has 0 saturated heterocycles. The Morgan fingerprint density at radius 1 is 0.912 bits per heavy atom. The van der Waals surface area contributed by atoms with E-state index in [-0.39, 0.29) is 16.7 Å². The van der Waals surface area contributed by atoms with E-state index in [0.29, 0.717) is 29.3 Å². The minimum atomic E-state index is -0.477. The highest BCUT2D eigenvalue weighted by atomic mass is 19.1. The Bertz CT molecular complexity index is 1260. The molecule has 0 unspecified atom stereocenters. The van der Waals surface area contributed by atoms with E-state index in [1.54, 1.807) is 30.3 Å². The Labute approximate surface area is 198 Å². The van der Waals surface area contributed by atoms with Gasteiger partial charge < -0.3 is 10.1 Å². The van der Waals surface area contributed by atoms with Crippen LogP contribution in [0.5, 0.6) is 5.75 Å². The van der Waals surface area contributed by atoms with Crippen LogP contribution in [0.2, 0.25) is 0 Å². The number of imide groups is 1. The highest BCUT2D eigenvalue weighted by molar-refractivity contribution is 6.46. The summed E-state index contributed by atoms with van der Waals surface area (Å²) in [7, 11) is 0. The highest BCUT2D eigenvalue weighted by Gasteiger charge is 2.40. The van der Waals surface area contributed by atoms with Gasteiger partial charge in [-0.15, -0.1) is 0 Å². The molecule has 2 amide bonds. The predicted octanol–water partition coefficient (Wildman–Crippen LogP) is 5.92. The van der Waals surface area contributed by atoms with E-state index in [1.165, 1.54) is 24.3 Å². The van der Waals surface area contributed by atoms with Crippen molar-refractivity contribution in [3.05, 3.63) is 95.4 Å². The molecule has 3 aromatic rings. The standard InChI is InChI=1S/C28H27FN2O3/c1-5-34-23-8-6-7-21(17-23)30-25-24(18-9-13-20(29)14-10-18)26(32)31(27(25)33)22-15-11-19(12-16-22)28(2,3)4/h6-17,30H,5H2,1-4H3. The van der Waals surface area contributed by atoms with Crippen molar-refractivity contribution in [3.8, 4) is 5.75 Å². The topological polar surface area (TPSA) is 58.6 Å². The predicted molar refractivity (Wildman–Crippen MR) is 132 cm³/mol. The van der Waals surface area contributed by atoms with Gasteiger partial charge >= 0.3 is 0 Å². The minimum absolute atomic E-state index is 0.0621. The molecule has 0 radical (unpaired) electrons. The largest absolute Gasteiger partial charge is 0.494 e. The van der Waals surface area contributed by atoms with E-state index >= 15 is 0 Å². The zero-order valence-electron chi connectivity index (χ0n) is 19.7. The second kappa shape index (κ2) is 9.14. The van der Waals surface area contributed by atoms with Crippen LogP contribution in [0.15, 0.2) is 78.5 Å². The quantitative estimate of drug-likeness (QED) is 0.466. The molecule has 34 heavy (non-hydrogen) atoms. The van der Waals surface area contributed by atoms with Crippen molar-refractivity contribution in [2.45, 2.75) is 33.1 Å². The van der Waals surface area contributed by atoms with Crippen LogP contribution in [0.4, 0.5) is 15.8 Å². The van der Waals surface area contributed by atoms with Crippen molar-refractivity contribution in [1.82, 2.24) is 0 Å². The van der Waals surface area contributed by atoms with Gasteiger partial charge in [0.15, 0.2) is 0 Å². The number of carbonyl (C=O) groups is 2. The molecule has 174 valence electrons. The number of halogens is 1. The molecule has 4 rings (SSSR count). The first-order valence-electron chi connectivity index (χ1n) is 11.2. The Morgan fingerprint density at radius 2 is 1.59 bits per heavy atom. The number of amides is 2. The van der Waals surface area contributed by atoms with Crippen LogP contribution in [0.1, 0.15) is 38.8 Å². The Balaban J connectivity index is 1.76. The number of ether oxygens (including phenoxy) is 1. The van der Waals surface area contributed by atoms with Crippen LogP contribution >= 0.6 is 0 Å². The fourth-order valence-corrected chi connectivity index (χ4v) is 3.85. The maximum Gasteiger partial charge on any atom is 0.282 e. The molecule has 0 bridgehead atoms. The summed E-state index contributed by atoms with van der Waals surface area (Å²) < 4.78 is 19.1. The van der Waals surface area contributed by atoms with Crippen molar-refractivity contribution >= 4 is 28.8 Å². The summed E-state index contributed by atoms with van der Waals surface area (Å²) in [6.07, 6.45) is 0.